The van der Waals surface area contributed by atoms with Crippen molar-refractivity contribution in [1.29, 1.82) is 0 Å². The quantitative estimate of drug-likeness (QED) is 0.0220. The van der Waals surface area contributed by atoms with Gasteiger partial charge in [0.05, 0.1) is 19.6 Å². The van der Waals surface area contributed by atoms with E-state index in [2.05, 4.69) is 37.2 Å². The number of carbonyl (C=O) groups excluding carboxylic acids is 8. The average molecular weight is 860 g/mol. The van der Waals surface area contributed by atoms with Crippen molar-refractivity contribution in [3.63, 3.8) is 0 Å². The highest BCUT2D eigenvalue weighted by molar-refractivity contribution is 5.94. The maximum absolute atomic E-state index is 13.7. The Labute approximate surface area is 356 Å². The highest BCUT2D eigenvalue weighted by Crippen LogP contribution is 2.09. The Morgan fingerprint density at radius 3 is 1.85 bits per heavy atom. The lowest BCUT2D eigenvalue weighted by atomic mass is 10.0. The van der Waals surface area contributed by atoms with Gasteiger partial charge in [0.25, 0.3) is 0 Å². The van der Waals surface area contributed by atoms with Crippen LogP contribution in [0, 0.1) is 6.92 Å². The minimum Gasteiger partial charge on any atom is -0.480 e. The van der Waals surface area contributed by atoms with Gasteiger partial charge in [0.15, 0.2) is 0 Å². The predicted octanol–water partition coefficient (Wildman–Crippen LogP) is -1.67. The van der Waals surface area contributed by atoms with Crippen LogP contribution in [-0.4, -0.2) is 115 Å². The second-order valence-corrected chi connectivity index (χ2v) is 14.5. The summed E-state index contributed by atoms with van der Waals surface area (Å²) in [6, 6.07) is 5.75. The smallest absolute Gasteiger partial charge is 0.322 e. The van der Waals surface area contributed by atoms with Gasteiger partial charge in [-0.05, 0) is 76.7 Å². The predicted molar refractivity (Wildman–Crippen MR) is 225 cm³/mol. The van der Waals surface area contributed by atoms with Gasteiger partial charge in [-0.25, -0.2) is 5.84 Å². The number of carbonyl (C=O) groups is 9. The van der Waals surface area contributed by atoms with Crippen LogP contribution >= 0.6 is 0 Å². The number of aliphatic carboxylic acids is 1. The number of unbranched alkanes of at least 4 members (excludes halogenated alkanes) is 2. The SMILES string of the molecule is CCCC(=O)NCC(=O)N[C@@H](CCCCN(N)/C=C(\N)CCC(N)=O)C(=O)N[C@@H](CCCCNC(=O)CCCc1ccc(C)cc1)C(=O)NCC(=O)NCC(=O)NCC(=O)O. The first-order valence-electron chi connectivity index (χ1n) is 20.5. The highest BCUT2D eigenvalue weighted by Gasteiger charge is 2.27. The van der Waals surface area contributed by atoms with Gasteiger partial charge in [-0.1, -0.05) is 36.8 Å². The third-order valence-corrected chi connectivity index (χ3v) is 8.90. The van der Waals surface area contributed by atoms with E-state index in [1.54, 1.807) is 6.92 Å². The van der Waals surface area contributed by atoms with Crippen LogP contribution in [0.2, 0.25) is 0 Å². The zero-order chi connectivity index (χ0) is 45.6. The third kappa shape index (κ3) is 27.2. The number of carboxylic acid groups (broad SMARTS) is 1. The molecule has 0 bridgehead atoms. The van der Waals surface area contributed by atoms with E-state index in [0.29, 0.717) is 63.7 Å². The Kier molecular flexibility index (Phi) is 26.6. The minimum atomic E-state index is -1.27. The third-order valence-electron chi connectivity index (χ3n) is 8.90. The van der Waals surface area contributed by atoms with Crippen molar-refractivity contribution >= 4 is 53.2 Å². The van der Waals surface area contributed by atoms with Crippen molar-refractivity contribution in [2.75, 3.05) is 39.3 Å². The van der Waals surface area contributed by atoms with Crippen LogP contribution in [0.3, 0.4) is 0 Å². The molecule has 0 saturated heterocycles. The van der Waals surface area contributed by atoms with E-state index in [-0.39, 0.29) is 50.5 Å². The second-order valence-electron chi connectivity index (χ2n) is 14.5. The van der Waals surface area contributed by atoms with Crippen molar-refractivity contribution in [3.8, 4) is 0 Å². The number of nitrogens with one attached hydrogen (secondary N) is 7. The van der Waals surface area contributed by atoms with Crippen LogP contribution in [0.15, 0.2) is 36.2 Å². The second kappa shape index (κ2) is 30.7. The number of hydrogen-bond donors (Lipinski definition) is 11. The summed E-state index contributed by atoms with van der Waals surface area (Å²) >= 11 is 0. The fourth-order valence-corrected chi connectivity index (χ4v) is 5.57. The van der Waals surface area contributed by atoms with Gasteiger partial charge in [0.2, 0.25) is 47.3 Å². The van der Waals surface area contributed by atoms with Crippen molar-refractivity contribution in [3.05, 3.63) is 47.3 Å². The molecule has 0 aliphatic carbocycles. The lowest BCUT2D eigenvalue weighted by Gasteiger charge is -2.24. The molecule has 0 unspecified atom stereocenters. The number of benzene rings is 1. The van der Waals surface area contributed by atoms with Gasteiger partial charge in [-0.2, -0.15) is 0 Å². The molecule has 8 amide bonds. The summed E-state index contributed by atoms with van der Waals surface area (Å²) in [7, 11) is 0. The zero-order valence-corrected chi connectivity index (χ0v) is 35.3. The molecule has 0 aromatic heterocycles. The minimum absolute atomic E-state index is 0.0542. The number of primary amides is 1. The molecule has 340 valence electrons. The van der Waals surface area contributed by atoms with Crippen LogP contribution in [0.1, 0.15) is 95.1 Å². The number of carboxylic acids is 1. The number of rotatable bonds is 32. The molecule has 2 atom stereocenters. The number of hydrogen-bond acceptors (Lipinski definition) is 12. The standard InChI is InChI=1S/C40H65N11O10/c1-3-9-33(53)45-24-37(57)49-31(12-5-7-21-51(43)26-29(41)18-19-32(42)52)40(61)50-30(39(60)48-23-36(56)46-22-35(55)47-25-38(58)59)11-4-6-20-44-34(54)13-8-10-28-16-14-27(2)15-17-28/h14-17,26,30-31H,3-13,18-25,41,43H2,1-2H3,(H2,42,52)(H,44,54)(H,45,53)(H,46,56)(H,47,55)(H,48,60)(H,49,57)(H,50,61)(H,58,59)/b29-26-/t30-,31-/m0/s1. The van der Waals surface area contributed by atoms with Gasteiger partial charge < -0.3 is 58.8 Å². The van der Waals surface area contributed by atoms with Gasteiger partial charge >= 0.3 is 5.97 Å². The van der Waals surface area contributed by atoms with E-state index < -0.39 is 73.1 Å². The number of amides is 8. The lowest BCUT2D eigenvalue weighted by molar-refractivity contribution is -0.138. The molecule has 0 heterocycles. The Balaban J connectivity index is 2.97. The van der Waals surface area contributed by atoms with Crippen molar-refractivity contribution in [2.24, 2.45) is 17.3 Å². The summed E-state index contributed by atoms with van der Waals surface area (Å²) in [6.45, 7) is 2.27. The summed E-state index contributed by atoms with van der Waals surface area (Å²) in [4.78, 5) is 110. The Bertz CT molecular complexity index is 1640. The fraction of sp³-hybridized carbons (Fsp3) is 0.575. The van der Waals surface area contributed by atoms with E-state index in [4.69, 9.17) is 22.4 Å². The van der Waals surface area contributed by atoms with Crippen molar-refractivity contribution in [1.82, 2.24) is 42.2 Å². The first-order chi connectivity index (χ1) is 29.0. The highest BCUT2D eigenvalue weighted by atomic mass is 16.4. The molecule has 21 heteroatoms. The van der Waals surface area contributed by atoms with Crippen LogP contribution in [-0.2, 0) is 49.6 Å². The molecule has 0 aliphatic rings. The maximum Gasteiger partial charge on any atom is 0.322 e. The molecular formula is C40H65N11O10. The number of nitrogens with two attached hydrogens (primary N) is 3. The first kappa shape index (κ1) is 52.8. The number of nitrogens with zero attached hydrogens (tertiary/aromatic N) is 1. The normalized spacial score (nSPS) is 11.9. The van der Waals surface area contributed by atoms with Crippen LogP contribution in [0.5, 0.6) is 0 Å². The van der Waals surface area contributed by atoms with E-state index in [9.17, 15) is 43.2 Å². The number of aryl methyl sites for hydroxylation is 2. The van der Waals surface area contributed by atoms with E-state index >= 15 is 0 Å². The molecule has 1 rings (SSSR count). The van der Waals surface area contributed by atoms with Gasteiger partial charge in [0, 0.05) is 44.2 Å². The summed E-state index contributed by atoms with van der Waals surface area (Å²) in [5.74, 6) is 0.137. The fourth-order valence-electron chi connectivity index (χ4n) is 5.57. The van der Waals surface area contributed by atoms with Gasteiger partial charge in [-0.3, -0.25) is 43.2 Å². The summed E-state index contributed by atoms with van der Waals surface area (Å²) in [5, 5.41) is 27.4. The molecule has 14 N–H and O–H groups in total. The molecule has 0 spiro atoms. The largest absolute Gasteiger partial charge is 0.480 e. The Hall–Kier alpha value is -6.25. The molecule has 21 nitrogen and oxygen atoms in total. The van der Waals surface area contributed by atoms with E-state index in [0.717, 1.165) is 17.5 Å². The number of hydrazine groups is 1. The van der Waals surface area contributed by atoms with E-state index in [1.807, 2.05) is 31.2 Å². The lowest BCUT2D eigenvalue weighted by Crippen LogP contribution is -2.55. The Morgan fingerprint density at radius 1 is 0.639 bits per heavy atom. The van der Waals surface area contributed by atoms with Crippen molar-refractivity contribution in [2.45, 2.75) is 109 Å². The molecule has 0 fully saturated rings. The summed E-state index contributed by atoms with van der Waals surface area (Å²) < 4.78 is 0. The molecule has 1 aromatic rings. The van der Waals surface area contributed by atoms with Crippen LogP contribution in [0.25, 0.3) is 0 Å². The Morgan fingerprint density at radius 2 is 1.21 bits per heavy atom. The summed E-state index contributed by atoms with van der Waals surface area (Å²) in [5.41, 5.74) is 13.7. The molecule has 0 radical (unpaired) electrons. The molecule has 1 aromatic carbocycles. The average Bonchev–Trinajstić information content (AvgIpc) is 3.20. The van der Waals surface area contributed by atoms with Gasteiger partial charge in [0.1, 0.15) is 18.6 Å². The van der Waals surface area contributed by atoms with Gasteiger partial charge in [-0.15, -0.1) is 0 Å². The molecule has 61 heavy (non-hydrogen) atoms. The summed E-state index contributed by atoms with van der Waals surface area (Å²) in [6.07, 6.45) is 6.07. The van der Waals surface area contributed by atoms with Crippen LogP contribution in [0.4, 0.5) is 0 Å². The maximum atomic E-state index is 13.7. The molecule has 0 saturated carbocycles. The monoisotopic (exact) mass is 859 g/mol. The topological polar surface area (TPSA) is 339 Å². The molecule has 0 aliphatic heterocycles. The molecular weight excluding hydrogens is 795 g/mol. The van der Waals surface area contributed by atoms with Crippen LogP contribution < -0.4 is 54.5 Å². The number of allylic oxidation sites excluding steroid dienone is 1. The van der Waals surface area contributed by atoms with E-state index in [1.165, 1.54) is 11.2 Å². The zero-order valence-electron chi connectivity index (χ0n) is 35.3. The first-order valence-corrected chi connectivity index (χ1v) is 20.5. The van der Waals surface area contributed by atoms with Crippen molar-refractivity contribution < 1.29 is 48.3 Å².